The normalized spacial score (nSPS) is 11.1. The highest BCUT2D eigenvalue weighted by molar-refractivity contribution is 5.96. The summed E-state index contributed by atoms with van der Waals surface area (Å²) < 4.78 is 19.4. The van der Waals surface area contributed by atoms with Crippen LogP contribution < -0.4 is 11.4 Å². The van der Waals surface area contributed by atoms with Gasteiger partial charge in [0.05, 0.1) is 22.8 Å². The summed E-state index contributed by atoms with van der Waals surface area (Å²) in [6, 6.07) is 12.1. The lowest BCUT2D eigenvalue weighted by Gasteiger charge is -2.04. The van der Waals surface area contributed by atoms with Crippen LogP contribution in [0.15, 0.2) is 53.6 Å². The average molecular weight is 466 g/mol. The van der Waals surface area contributed by atoms with Gasteiger partial charge in [-0.05, 0) is 49.4 Å². The van der Waals surface area contributed by atoms with Gasteiger partial charge >= 0.3 is 5.69 Å². The molecule has 0 amide bonds. The summed E-state index contributed by atoms with van der Waals surface area (Å²) in [7, 11) is 1.86. The molecule has 0 radical (unpaired) electrons. The molecule has 168 valence electrons. The van der Waals surface area contributed by atoms with E-state index in [4.69, 9.17) is 5.73 Å². The van der Waals surface area contributed by atoms with Crippen LogP contribution in [0.1, 0.15) is 12.0 Å². The van der Waals surface area contributed by atoms with Crippen molar-refractivity contribution in [2.75, 3.05) is 6.54 Å². The van der Waals surface area contributed by atoms with Gasteiger partial charge in [-0.1, -0.05) is 0 Å². The molecule has 3 heterocycles. The van der Waals surface area contributed by atoms with Gasteiger partial charge in [-0.3, -0.25) is 0 Å². The zero-order valence-corrected chi connectivity index (χ0v) is 18.6. The van der Waals surface area contributed by atoms with E-state index in [1.807, 2.05) is 34.6 Å². The SMILES string of the molecule is Cl.Cn1cc(-c2n[nH]c(=O)n2-c2cn(CCCN)c3ccc(C#N)cc23)c2cc(F)ccc21. The summed E-state index contributed by atoms with van der Waals surface area (Å²) >= 11 is 0. The second kappa shape index (κ2) is 8.58. The van der Waals surface area contributed by atoms with Crippen LogP contribution in [0.5, 0.6) is 0 Å². The molecule has 3 aromatic heterocycles. The largest absolute Gasteiger partial charge is 0.350 e. The third-order valence-electron chi connectivity index (χ3n) is 5.70. The number of hydrogen-bond donors (Lipinski definition) is 2. The van der Waals surface area contributed by atoms with Crippen LogP contribution in [0, 0.1) is 17.1 Å². The molecule has 0 atom stereocenters. The molecule has 0 unspecified atom stereocenters. The van der Waals surface area contributed by atoms with Gasteiger partial charge in [-0.2, -0.15) is 10.4 Å². The third kappa shape index (κ3) is 3.59. The fourth-order valence-corrected chi connectivity index (χ4v) is 4.22. The minimum Gasteiger partial charge on any atom is -0.350 e. The summed E-state index contributed by atoms with van der Waals surface area (Å²) in [6.07, 6.45) is 4.46. The highest BCUT2D eigenvalue weighted by atomic mass is 35.5. The van der Waals surface area contributed by atoms with Crippen LogP contribution in [0.25, 0.3) is 38.9 Å². The van der Waals surface area contributed by atoms with Crippen molar-refractivity contribution in [3.63, 3.8) is 0 Å². The van der Waals surface area contributed by atoms with Crippen molar-refractivity contribution in [1.82, 2.24) is 23.9 Å². The van der Waals surface area contributed by atoms with Crippen LogP contribution in [0.3, 0.4) is 0 Å². The molecule has 0 fully saturated rings. The van der Waals surface area contributed by atoms with Gasteiger partial charge in [0.15, 0.2) is 5.82 Å². The number of nitriles is 1. The molecule has 0 aliphatic carbocycles. The van der Waals surface area contributed by atoms with Crippen LogP contribution >= 0.6 is 12.4 Å². The number of rotatable bonds is 5. The Kier molecular flexibility index (Phi) is 5.80. The summed E-state index contributed by atoms with van der Waals surface area (Å²) in [5.74, 6) is -0.00197. The molecule has 0 spiro atoms. The van der Waals surface area contributed by atoms with Gasteiger partial charge in [-0.15, -0.1) is 12.4 Å². The number of halogens is 2. The van der Waals surface area contributed by atoms with E-state index < -0.39 is 5.69 Å². The van der Waals surface area contributed by atoms with Crippen LogP contribution in [0.4, 0.5) is 4.39 Å². The molecule has 0 aliphatic heterocycles. The molecule has 0 saturated carbocycles. The van der Waals surface area contributed by atoms with Gasteiger partial charge in [0.2, 0.25) is 0 Å². The molecular weight excluding hydrogens is 445 g/mol. The molecule has 0 bridgehead atoms. The van der Waals surface area contributed by atoms with Crippen molar-refractivity contribution in [3.8, 4) is 23.1 Å². The van der Waals surface area contributed by atoms with E-state index in [9.17, 15) is 14.4 Å². The molecule has 8 nitrogen and oxygen atoms in total. The van der Waals surface area contributed by atoms with E-state index in [1.54, 1.807) is 18.2 Å². The predicted molar refractivity (Wildman–Crippen MR) is 127 cm³/mol. The van der Waals surface area contributed by atoms with Crippen molar-refractivity contribution >= 4 is 34.2 Å². The number of nitrogens with two attached hydrogens (primary N) is 1. The first-order chi connectivity index (χ1) is 15.5. The lowest BCUT2D eigenvalue weighted by Crippen LogP contribution is -2.15. The maximum Gasteiger partial charge on any atom is 0.348 e. The molecule has 33 heavy (non-hydrogen) atoms. The third-order valence-corrected chi connectivity index (χ3v) is 5.70. The van der Waals surface area contributed by atoms with Crippen LogP contribution in [0.2, 0.25) is 0 Å². The smallest absolute Gasteiger partial charge is 0.348 e. The minimum atomic E-state index is -0.423. The average Bonchev–Trinajstić information content (AvgIpc) is 3.44. The standard InChI is InChI=1S/C23H20FN7O.ClH/c1-29-12-18(16-10-15(24)4-6-19(16)29)22-27-28-23(32)31(22)21-13-30(8-2-7-25)20-5-3-14(11-26)9-17(20)21;/h3-6,9-10,12-13H,2,7-8,25H2,1H3,(H,28,32);1H. The fourth-order valence-electron chi connectivity index (χ4n) is 4.22. The highest BCUT2D eigenvalue weighted by Gasteiger charge is 2.21. The monoisotopic (exact) mass is 465 g/mol. The molecular formula is C23H21ClFN7O. The van der Waals surface area contributed by atoms with Crippen LogP contribution in [-0.4, -0.2) is 30.4 Å². The predicted octanol–water partition coefficient (Wildman–Crippen LogP) is 3.46. The van der Waals surface area contributed by atoms with Crippen molar-refractivity contribution in [1.29, 1.82) is 5.26 Å². The Morgan fingerprint density at radius 2 is 1.94 bits per heavy atom. The number of aryl methyl sites for hydroxylation is 2. The van der Waals surface area contributed by atoms with E-state index in [-0.39, 0.29) is 18.2 Å². The number of aromatic nitrogens is 5. The van der Waals surface area contributed by atoms with Gasteiger partial charge in [0.1, 0.15) is 5.82 Å². The first-order valence-electron chi connectivity index (χ1n) is 10.2. The Labute approximate surface area is 194 Å². The number of hydrogen-bond acceptors (Lipinski definition) is 4. The summed E-state index contributed by atoms with van der Waals surface area (Å²) in [4.78, 5) is 12.9. The number of nitrogens with one attached hydrogen (secondary N) is 1. The van der Waals surface area contributed by atoms with E-state index in [0.717, 1.165) is 22.8 Å². The van der Waals surface area contributed by atoms with E-state index >= 15 is 0 Å². The highest BCUT2D eigenvalue weighted by Crippen LogP contribution is 2.32. The number of benzene rings is 2. The summed E-state index contributed by atoms with van der Waals surface area (Å²) in [5.41, 5.74) is 8.69. The van der Waals surface area contributed by atoms with E-state index in [1.165, 1.54) is 16.7 Å². The van der Waals surface area contributed by atoms with Gasteiger partial charge in [0, 0.05) is 47.8 Å². The Bertz CT molecular complexity index is 1580. The summed E-state index contributed by atoms with van der Waals surface area (Å²) in [6.45, 7) is 1.20. The molecule has 2 aromatic carbocycles. The van der Waals surface area contributed by atoms with Gasteiger partial charge in [0.25, 0.3) is 0 Å². The zero-order valence-electron chi connectivity index (χ0n) is 17.7. The zero-order chi connectivity index (χ0) is 22.4. The molecule has 0 aliphatic rings. The number of fused-ring (bicyclic) bond motifs is 2. The Balaban J connectivity index is 0.00000259. The number of nitrogens with zero attached hydrogens (tertiary/aromatic N) is 5. The topological polar surface area (TPSA) is 110 Å². The minimum absolute atomic E-state index is 0. The number of H-pyrrole nitrogens is 1. The Hall–Kier alpha value is -3.87. The lowest BCUT2D eigenvalue weighted by atomic mass is 10.1. The quantitative estimate of drug-likeness (QED) is 0.414. The second-order valence-corrected chi connectivity index (χ2v) is 7.70. The maximum absolute atomic E-state index is 14.0. The molecule has 3 N–H and O–H groups in total. The second-order valence-electron chi connectivity index (χ2n) is 7.70. The van der Waals surface area contributed by atoms with E-state index in [0.29, 0.717) is 41.1 Å². The lowest BCUT2D eigenvalue weighted by molar-refractivity contribution is 0.629. The number of aromatic amines is 1. The molecule has 5 aromatic rings. The van der Waals surface area contributed by atoms with Crippen molar-refractivity contribution < 1.29 is 4.39 Å². The van der Waals surface area contributed by atoms with Crippen molar-refractivity contribution in [2.45, 2.75) is 13.0 Å². The van der Waals surface area contributed by atoms with E-state index in [2.05, 4.69) is 16.3 Å². The summed E-state index contributed by atoms with van der Waals surface area (Å²) in [5, 5.41) is 17.6. The first-order valence-corrected chi connectivity index (χ1v) is 10.2. The molecule has 0 saturated heterocycles. The molecule has 5 rings (SSSR count). The molecule has 10 heteroatoms. The Morgan fingerprint density at radius 3 is 2.70 bits per heavy atom. The Morgan fingerprint density at radius 1 is 1.15 bits per heavy atom. The maximum atomic E-state index is 14.0. The first kappa shape index (κ1) is 22.3. The van der Waals surface area contributed by atoms with Gasteiger partial charge in [-0.25, -0.2) is 18.9 Å². The van der Waals surface area contributed by atoms with Gasteiger partial charge < -0.3 is 14.9 Å². The van der Waals surface area contributed by atoms with Crippen molar-refractivity contribution in [3.05, 3.63) is 70.7 Å². The van der Waals surface area contributed by atoms with Crippen molar-refractivity contribution in [2.24, 2.45) is 12.8 Å². The fraction of sp³-hybridized carbons (Fsp3) is 0.174. The van der Waals surface area contributed by atoms with Crippen LogP contribution in [-0.2, 0) is 13.6 Å².